The lowest BCUT2D eigenvalue weighted by Crippen LogP contribution is -2.45. The molecule has 1 saturated carbocycles. The second kappa shape index (κ2) is 4.80. The molecule has 1 aromatic heterocycles. The number of hydrogen-bond acceptors (Lipinski definition) is 2. The first-order chi connectivity index (χ1) is 7.98. The van der Waals surface area contributed by atoms with Crippen molar-refractivity contribution in [2.45, 2.75) is 49.5 Å². The molecule has 94 valence electrons. The van der Waals surface area contributed by atoms with Crippen LogP contribution >= 0.6 is 15.9 Å². The summed E-state index contributed by atoms with van der Waals surface area (Å²) in [5.74, 6) is 0.0505. The van der Waals surface area contributed by atoms with Crippen molar-refractivity contribution in [2.75, 3.05) is 0 Å². The number of carbonyl (C=O) groups is 1. The predicted octanol–water partition coefficient (Wildman–Crippen LogP) is 2.27. The molecule has 2 rings (SSSR count). The fraction of sp³-hybridized carbons (Fsp3) is 0.667. The van der Waals surface area contributed by atoms with Crippen LogP contribution in [0.4, 0.5) is 0 Å². The maximum Gasteiger partial charge on any atom is 0.236 e. The van der Waals surface area contributed by atoms with Gasteiger partial charge in [0.05, 0.1) is 16.7 Å². The van der Waals surface area contributed by atoms with Crippen molar-refractivity contribution < 1.29 is 4.79 Å². The van der Waals surface area contributed by atoms with Crippen LogP contribution in [0.1, 0.15) is 39.2 Å². The Morgan fingerprint density at radius 2 is 2.29 bits per heavy atom. The van der Waals surface area contributed by atoms with Crippen molar-refractivity contribution in [1.29, 1.82) is 0 Å². The maximum atomic E-state index is 12.0. The summed E-state index contributed by atoms with van der Waals surface area (Å²) in [6, 6.07) is 0.560. The smallest absolute Gasteiger partial charge is 0.236 e. The van der Waals surface area contributed by atoms with Gasteiger partial charge in [0.1, 0.15) is 0 Å². The molecule has 17 heavy (non-hydrogen) atoms. The van der Waals surface area contributed by atoms with Crippen LogP contribution in [0.2, 0.25) is 0 Å². The molecule has 5 heteroatoms. The van der Waals surface area contributed by atoms with Crippen molar-refractivity contribution in [2.24, 2.45) is 0 Å². The van der Waals surface area contributed by atoms with Crippen LogP contribution in [0, 0.1) is 0 Å². The summed E-state index contributed by atoms with van der Waals surface area (Å²) in [6.45, 7) is 3.73. The minimum absolute atomic E-state index is 0.0505. The van der Waals surface area contributed by atoms with E-state index in [1.807, 2.05) is 26.4 Å². The first-order valence-electron chi connectivity index (χ1n) is 5.96. The number of carbonyl (C=O) groups excluding carboxylic acids is 1. The summed E-state index contributed by atoms with van der Waals surface area (Å²) in [5.41, 5.74) is 0. The van der Waals surface area contributed by atoms with Crippen LogP contribution < -0.4 is 5.32 Å². The highest BCUT2D eigenvalue weighted by Gasteiger charge is 2.33. The number of rotatable bonds is 3. The minimum atomic E-state index is -0.505. The summed E-state index contributed by atoms with van der Waals surface area (Å²) in [7, 11) is 0. The van der Waals surface area contributed by atoms with E-state index in [0.29, 0.717) is 6.04 Å². The Bertz CT molecular complexity index is 383. The van der Waals surface area contributed by atoms with Gasteiger partial charge in [-0.05, 0) is 33.1 Å². The van der Waals surface area contributed by atoms with Gasteiger partial charge in [0.25, 0.3) is 0 Å². The Morgan fingerprint density at radius 1 is 1.53 bits per heavy atom. The number of nitrogens with one attached hydrogen (secondary N) is 1. The Hall–Kier alpha value is -0.840. The molecule has 2 atom stereocenters. The van der Waals surface area contributed by atoms with Gasteiger partial charge in [-0.1, -0.05) is 15.9 Å². The summed E-state index contributed by atoms with van der Waals surface area (Å²) in [5, 5.41) is 3.12. The van der Waals surface area contributed by atoms with Gasteiger partial charge in [-0.3, -0.25) is 4.79 Å². The summed E-state index contributed by atoms with van der Waals surface area (Å²) in [4.78, 5) is 16.0. The van der Waals surface area contributed by atoms with E-state index in [0.717, 1.165) is 19.3 Å². The normalized spacial score (nSPS) is 24.9. The molecule has 1 aromatic rings. The van der Waals surface area contributed by atoms with Crippen LogP contribution in [0.5, 0.6) is 0 Å². The Morgan fingerprint density at radius 3 is 2.88 bits per heavy atom. The summed E-state index contributed by atoms with van der Waals surface area (Å²) >= 11 is 3.39. The van der Waals surface area contributed by atoms with Crippen molar-refractivity contribution in [3.05, 3.63) is 18.7 Å². The molecule has 0 spiro atoms. The van der Waals surface area contributed by atoms with Gasteiger partial charge in [0.15, 0.2) is 0 Å². The second-order valence-corrected chi connectivity index (χ2v) is 7.04. The quantitative estimate of drug-likeness (QED) is 0.871. The molecule has 2 unspecified atom stereocenters. The molecule has 1 N–H and O–H groups in total. The molecule has 1 amide bonds. The molecule has 1 heterocycles. The largest absolute Gasteiger partial charge is 0.350 e. The van der Waals surface area contributed by atoms with Gasteiger partial charge in [0.2, 0.25) is 5.91 Å². The Balaban J connectivity index is 2.04. The summed E-state index contributed by atoms with van der Waals surface area (Å²) < 4.78 is 1.59. The number of imidazole rings is 1. The Kier molecular flexibility index (Phi) is 3.56. The molecule has 0 saturated heterocycles. The van der Waals surface area contributed by atoms with Gasteiger partial charge in [-0.15, -0.1) is 0 Å². The molecule has 0 aliphatic heterocycles. The van der Waals surface area contributed by atoms with Crippen LogP contribution in [0.3, 0.4) is 0 Å². The first kappa shape index (κ1) is 12.6. The number of amides is 1. The molecule has 4 nitrogen and oxygen atoms in total. The highest BCUT2D eigenvalue weighted by molar-refractivity contribution is 9.10. The van der Waals surface area contributed by atoms with Crippen LogP contribution in [0.25, 0.3) is 0 Å². The topological polar surface area (TPSA) is 46.9 Å². The zero-order valence-electron chi connectivity index (χ0n) is 10.2. The zero-order valence-corrected chi connectivity index (χ0v) is 11.8. The maximum absolute atomic E-state index is 12.0. The summed E-state index contributed by atoms with van der Waals surface area (Å²) in [6.07, 6.45) is 8.87. The fourth-order valence-electron chi connectivity index (χ4n) is 2.27. The third-order valence-corrected chi connectivity index (χ3v) is 3.60. The predicted molar refractivity (Wildman–Crippen MR) is 70.1 cm³/mol. The fourth-order valence-corrected chi connectivity index (χ4v) is 2.39. The zero-order chi connectivity index (χ0) is 12.5. The standard InChI is InChI=1S/C12H18BrN3O/c1-12(2,13)11(17)15-9-4-3-5-10(9)16-7-6-14-8-16/h6-10H,3-5H2,1-2H3,(H,15,17). The van der Waals surface area contributed by atoms with Gasteiger partial charge >= 0.3 is 0 Å². The van der Waals surface area contributed by atoms with Crippen molar-refractivity contribution in [1.82, 2.24) is 14.9 Å². The highest BCUT2D eigenvalue weighted by Crippen LogP contribution is 2.30. The van der Waals surface area contributed by atoms with E-state index in [2.05, 4.69) is 30.8 Å². The molecule has 1 aliphatic rings. The molecule has 0 aromatic carbocycles. The Labute approximate surface area is 110 Å². The van der Waals surface area contributed by atoms with Crippen LogP contribution in [0.15, 0.2) is 18.7 Å². The first-order valence-corrected chi connectivity index (χ1v) is 6.75. The number of halogens is 1. The third kappa shape index (κ3) is 2.89. The van der Waals surface area contributed by atoms with Gasteiger partial charge < -0.3 is 9.88 Å². The van der Waals surface area contributed by atoms with Gasteiger partial charge in [-0.25, -0.2) is 4.98 Å². The van der Waals surface area contributed by atoms with Crippen LogP contribution in [-0.4, -0.2) is 25.8 Å². The lowest BCUT2D eigenvalue weighted by atomic mass is 10.1. The van der Waals surface area contributed by atoms with Crippen molar-refractivity contribution in [3.8, 4) is 0 Å². The molecular weight excluding hydrogens is 282 g/mol. The lowest BCUT2D eigenvalue weighted by molar-refractivity contribution is -0.123. The SMILES string of the molecule is CC(C)(Br)C(=O)NC1CCCC1n1ccnc1. The van der Waals surface area contributed by atoms with E-state index in [9.17, 15) is 4.79 Å². The molecule has 1 fully saturated rings. The number of hydrogen-bond donors (Lipinski definition) is 1. The third-order valence-electron chi connectivity index (χ3n) is 3.24. The van der Waals surface area contributed by atoms with Crippen LogP contribution in [-0.2, 0) is 4.79 Å². The number of aromatic nitrogens is 2. The van der Waals surface area contributed by atoms with E-state index in [-0.39, 0.29) is 11.9 Å². The highest BCUT2D eigenvalue weighted by atomic mass is 79.9. The van der Waals surface area contributed by atoms with E-state index in [1.54, 1.807) is 6.20 Å². The number of alkyl halides is 1. The molecule has 0 radical (unpaired) electrons. The average molecular weight is 300 g/mol. The second-order valence-electron chi connectivity index (χ2n) is 5.06. The minimum Gasteiger partial charge on any atom is -0.350 e. The molecule has 1 aliphatic carbocycles. The van der Waals surface area contributed by atoms with E-state index >= 15 is 0 Å². The van der Waals surface area contributed by atoms with E-state index < -0.39 is 4.32 Å². The monoisotopic (exact) mass is 299 g/mol. The van der Waals surface area contributed by atoms with Crippen molar-refractivity contribution in [3.63, 3.8) is 0 Å². The number of nitrogens with zero attached hydrogens (tertiary/aromatic N) is 2. The van der Waals surface area contributed by atoms with Crippen molar-refractivity contribution >= 4 is 21.8 Å². The average Bonchev–Trinajstić information content (AvgIpc) is 2.83. The van der Waals surface area contributed by atoms with E-state index in [4.69, 9.17) is 0 Å². The molecule has 0 bridgehead atoms. The van der Waals surface area contributed by atoms with Gasteiger partial charge in [-0.2, -0.15) is 0 Å². The molecular formula is C12H18BrN3O. The van der Waals surface area contributed by atoms with E-state index in [1.165, 1.54) is 0 Å². The van der Waals surface area contributed by atoms with Gasteiger partial charge in [0, 0.05) is 18.4 Å². The lowest BCUT2D eigenvalue weighted by Gasteiger charge is -2.25.